The second kappa shape index (κ2) is 19.3. The summed E-state index contributed by atoms with van der Waals surface area (Å²) in [7, 11) is 0. The highest BCUT2D eigenvalue weighted by molar-refractivity contribution is 5.40. The number of nitrogens with one attached hydrogen (secondary N) is 1. The average Bonchev–Trinajstić information content (AvgIpc) is 2.87. The third kappa shape index (κ3) is 13.0. The first kappa shape index (κ1) is 28.2. The maximum Gasteiger partial charge on any atom is 0.127 e. The monoisotopic (exact) mass is 467 g/mol. The lowest BCUT2D eigenvalue weighted by Crippen LogP contribution is -2.17. The van der Waals surface area contributed by atoms with E-state index in [1.807, 2.05) is 0 Å². The van der Waals surface area contributed by atoms with Crippen LogP contribution in [0.15, 0.2) is 48.5 Å². The highest BCUT2D eigenvalue weighted by Gasteiger charge is 2.07. The number of unbranched alkanes of at least 4 members (excludes halogenated alkanes) is 10. The van der Waals surface area contributed by atoms with E-state index in [-0.39, 0.29) is 0 Å². The molecule has 2 rings (SSSR count). The number of ether oxygens (including phenoxy) is 2. The van der Waals surface area contributed by atoms with Crippen LogP contribution in [0.2, 0.25) is 0 Å². The summed E-state index contributed by atoms with van der Waals surface area (Å²) in [6.07, 6.45) is 16.4. The van der Waals surface area contributed by atoms with Crippen LogP contribution in [0.5, 0.6) is 11.5 Å². The maximum atomic E-state index is 6.25. The van der Waals surface area contributed by atoms with Crippen molar-refractivity contribution in [1.29, 1.82) is 0 Å². The molecular weight excluding hydrogens is 418 g/mol. The minimum absolute atomic E-state index is 0.782. The fourth-order valence-electron chi connectivity index (χ4n) is 4.14. The highest BCUT2D eigenvalue weighted by Crippen LogP contribution is 2.26. The summed E-state index contributed by atoms with van der Waals surface area (Å²) in [5.41, 5.74) is 2.58. The zero-order chi connectivity index (χ0) is 24.1. The molecule has 2 aromatic carbocycles. The molecule has 2 aromatic rings. The van der Waals surface area contributed by atoms with Gasteiger partial charge in [-0.25, -0.2) is 0 Å². The number of rotatable bonds is 21. The fraction of sp³-hybridized carbons (Fsp3) is 0.613. The standard InChI is InChI=1S/C31H49NO2/c1-3-5-7-9-11-16-24-33-30-21-20-29(27-32-23-22-28-18-14-13-15-19-28)31(26-30)34-25-17-12-10-8-6-4-2/h13-15,18-21,26,32H,3-12,16-17,22-25,27H2,1-2H3. The summed E-state index contributed by atoms with van der Waals surface area (Å²) in [6, 6.07) is 17.0. The summed E-state index contributed by atoms with van der Waals surface area (Å²) in [5, 5.41) is 3.59. The van der Waals surface area contributed by atoms with E-state index in [9.17, 15) is 0 Å². The molecule has 3 nitrogen and oxygen atoms in total. The second-order valence-corrected chi connectivity index (χ2v) is 9.41. The topological polar surface area (TPSA) is 30.5 Å². The van der Waals surface area contributed by atoms with Crippen LogP contribution in [0.3, 0.4) is 0 Å². The van der Waals surface area contributed by atoms with E-state index in [2.05, 4.69) is 67.7 Å². The minimum atomic E-state index is 0.782. The molecule has 3 heteroatoms. The Balaban J connectivity index is 1.80. The van der Waals surface area contributed by atoms with E-state index >= 15 is 0 Å². The molecular formula is C31H49NO2. The van der Waals surface area contributed by atoms with E-state index in [0.29, 0.717) is 0 Å². The molecule has 190 valence electrons. The number of hydrogen-bond acceptors (Lipinski definition) is 3. The van der Waals surface area contributed by atoms with Crippen LogP contribution in [0.25, 0.3) is 0 Å². The molecule has 0 amide bonds. The van der Waals surface area contributed by atoms with Crippen LogP contribution in [0.1, 0.15) is 102 Å². The van der Waals surface area contributed by atoms with Crippen molar-refractivity contribution in [3.8, 4) is 11.5 Å². The van der Waals surface area contributed by atoms with Crippen LogP contribution in [0.4, 0.5) is 0 Å². The van der Waals surface area contributed by atoms with E-state index in [0.717, 1.165) is 57.1 Å². The van der Waals surface area contributed by atoms with Crippen molar-refractivity contribution in [2.75, 3.05) is 19.8 Å². The van der Waals surface area contributed by atoms with Crippen LogP contribution in [0, 0.1) is 0 Å². The molecule has 0 aromatic heterocycles. The van der Waals surface area contributed by atoms with Gasteiger partial charge in [-0.3, -0.25) is 0 Å². The lowest BCUT2D eigenvalue weighted by Gasteiger charge is -2.15. The average molecular weight is 468 g/mol. The Morgan fingerprint density at radius 2 is 1.26 bits per heavy atom. The Labute approximate surface area is 209 Å². The van der Waals surface area contributed by atoms with Gasteiger partial charge in [0.15, 0.2) is 0 Å². The molecule has 0 bridgehead atoms. The van der Waals surface area contributed by atoms with Crippen LogP contribution >= 0.6 is 0 Å². The first-order valence-corrected chi connectivity index (χ1v) is 14.0. The van der Waals surface area contributed by atoms with Gasteiger partial charge < -0.3 is 14.8 Å². The van der Waals surface area contributed by atoms with E-state index in [1.165, 1.54) is 75.3 Å². The third-order valence-corrected chi connectivity index (χ3v) is 6.31. The van der Waals surface area contributed by atoms with Gasteiger partial charge in [0.1, 0.15) is 11.5 Å². The maximum absolute atomic E-state index is 6.25. The normalized spacial score (nSPS) is 11.0. The molecule has 0 saturated heterocycles. The molecule has 0 aliphatic heterocycles. The van der Waals surface area contributed by atoms with E-state index in [4.69, 9.17) is 9.47 Å². The quantitative estimate of drug-likeness (QED) is 0.187. The summed E-state index contributed by atoms with van der Waals surface area (Å²) in [5.74, 6) is 1.90. The largest absolute Gasteiger partial charge is 0.493 e. The van der Waals surface area contributed by atoms with Gasteiger partial charge in [-0.15, -0.1) is 0 Å². The Morgan fingerprint density at radius 1 is 0.647 bits per heavy atom. The molecule has 0 heterocycles. The minimum Gasteiger partial charge on any atom is -0.493 e. The van der Waals surface area contributed by atoms with Crippen LogP contribution in [-0.2, 0) is 13.0 Å². The van der Waals surface area contributed by atoms with Crippen LogP contribution < -0.4 is 14.8 Å². The molecule has 34 heavy (non-hydrogen) atoms. The van der Waals surface area contributed by atoms with Crippen LogP contribution in [-0.4, -0.2) is 19.8 Å². The summed E-state index contributed by atoms with van der Waals surface area (Å²) < 4.78 is 12.3. The van der Waals surface area contributed by atoms with Crippen molar-refractivity contribution in [3.05, 3.63) is 59.7 Å². The van der Waals surface area contributed by atoms with E-state index < -0.39 is 0 Å². The Bertz CT molecular complexity index is 731. The van der Waals surface area contributed by atoms with Gasteiger partial charge in [0.05, 0.1) is 13.2 Å². The summed E-state index contributed by atoms with van der Waals surface area (Å²) in [6.45, 7) is 7.87. The van der Waals surface area contributed by atoms with Gasteiger partial charge >= 0.3 is 0 Å². The molecule has 0 saturated carbocycles. The molecule has 0 atom stereocenters. The smallest absolute Gasteiger partial charge is 0.127 e. The molecule has 0 fully saturated rings. The SMILES string of the molecule is CCCCCCCCOc1ccc(CNCCc2ccccc2)c(OCCCCCCCC)c1. The highest BCUT2D eigenvalue weighted by atomic mass is 16.5. The van der Waals surface area contributed by atoms with E-state index in [1.54, 1.807) is 0 Å². The van der Waals surface area contributed by atoms with Crippen molar-refractivity contribution in [2.24, 2.45) is 0 Å². The Morgan fingerprint density at radius 3 is 1.94 bits per heavy atom. The first-order valence-electron chi connectivity index (χ1n) is 14.0. The van der Waals surface area contributed by atoms with Crippen molar-refractivity contribution >= 4 is 0 Å². The number of hydrogen-bond donors (Lipinski definition) is 1. The molecule has 1 N–H and O–H groups in total. The van der Waals surface area contributed by atoms with Crippen molar-refractivity contribution in [3.63, 3.8) is 0 Å². The van der Waals surface area contributed by atoms with Gasteiger partial charge in [0.25, 0.3) is 0 Å². The zero-order valence-electron chi connectivity index (χ0n) is 22.0. The lowest BCUT2D eigenvalue weighted by atomic mass is 10.1. The molecule has 0 aliphatic carbocycles. The predicted molar refractivity (Wildman–Crippen MR) is 146 cm³/mol. The van der Waals surface area contributed by atoms with Gasteiger partial charge in [0.2, 0.25) is 0 Å². The molecule has 0 aliphatic rings. The fourth-order valence-corrected chi connectivity index (χ4v) is 4.14. The lowest BCUT2D eigenvalue weighted by molar-refractivity contribution is 0.287. The van der Waals surface area contributed by atoms with Crippen molar-refractivity contribution in [1.82, 2.24) is 5.32 Å². The summed E-state index contributed by atoms with van der Waals surface area (Å²) in [4.78, 5) is 0. The van der Waals surface area contributed by atoms with Gasteiger partial charge in [-0.05, 0) is 37.4 Å². The first-order chi connectivity index (χ1) is 16.8. The van der Waals surface area contributed by atoms with Gasteiger partial charge in [-0.1, -0.05) is 114 Å². The molecule has 0 unspecified atom stereocenters. The Kier molecular flexibility index (Phi) is 16.0. The number of benzene rings is 2. The third-order valence-electron chi connectivity index (χ3n) is 6.31. The van der Waals surface area contributed by atoms with Gasteiger partial charge in [-0.2, -0.15) is 0 Å². The molecule has 0 spiro atoms. The molecule has 0 radical (unpaired) electrons. The Hall–Kier alpha value is -2.00. The van der Waals surface area contributed by atoms with Crippen molar-refractivity contribution in [2.45, 2.75) is 104 Å². The predicted octanol–water partition coefficient (Wildman–Crippen LogP) is 8.50. The zero-order valence-corrected chi connectivity index (χ0v) is 22.0. The van der Waals surface area contributed by atoms with Gasteiger partial charge in [0, 0.05) is 18.2 Å². The second-order valence-electron chi connectivity index (χ2n) is 9.41. The van der Waals surface area contributed by atoms with Crippen molar-refractivity contribution < 1.29 is 9.47 Å². The summed E-state index contributed by atoms with van der Waals surface area (Å²) >= 11 is 0.